The third kappa shape index (κ3) is 4.62. The Labute approximate surface area is 159 Å². The van der Waals surface area contributed by atoms with E-state index < -0.39 is 0 Å². The zero-order chi connectivity index (χ0) is 17.5. The van der Waals surface area contributed by atoms with Crippen LogP contribution in [0.1, 0.15) is 24.5 Å². The first kappa shape index (κ1) is 18.6. The molecule has 0 fully saturated rings. The van der Waals surface area contributed by atoms with Crippen molar-refractivity contribution in [3.8, 4) is 17.6 Å². The first-order valence-electron chi connectivity index (χ1n) is 7.47. The van der Waals surface area contributed by atoms with Gasteiger partial charge >= 0.3 is 0 Å². The standard InChI is InChI=1S/C19H17Br2NO2/c1-3-8-24-19-17(21)10-13(11-18(19)23-2)9-15(12-22)14-4-6-16(20)7-5-14/h4-7,9-11H,3,8H2,1-2H3/b15-9+. The molecule has 0 aliphatic carbocycles. The largest absolute Gasteiger partial charge is 0.493 e. The van der Waals surface area contributed by atoms with Crippen molar-refractivity contribution in [2.75, 3.05) is 13.7 Å². The summed E-state index contributed by atoms with van der Waals surface area (Å²) in [7, 11) is 1.61. The van der Waals surface area contributed by atoms with E-state index in [9.17, 15) is 5.26 Å². The molecule has 0 N–H and O–H groups in total. The molecule has 124 valence electrons. The number of benzene rings is 2. The second-order valence-electron chi connectivity index (χ2n) is 5.06. The van der Waals surface area contributed by atoms with E-state index in [0.29, 0.717) is 23.7 Å². The van der Waals surface area contributed by atoms with Crippen molar-refractivity contribution in [3.05, 3.63) is 56.5 Å². The third-order valence-corrected chi connectivity index (χ3v) is 4.41. The molecule has 0 heterocycles. The van der Waals surface area contributed by atoms with Crippen LogP contribution in [0.2, 0.25) is 0 Å². The zero-order valence-electron chi connectivity index (χ0n) is 13.5. The van der Waals surface area contributed by atoms with E-state index in [0.717, 1.165) is 26.5 Å². The lowest BCUT2D eigenvalue weighted by Gasteiger charge is -2.13. The topological polar surface area (TPSA) is 42.2 Å². The molecule has 0 atom stereocenters. The summed E-state index contributed by atoms with van der Waals surface area (Å²) in [6, 6.07) is 13.7. The van der Waals surface area contributed by atoms with Crippen molar-refractivity contribution in [1.82, 2.24) is 0 Å². The summed E-state index contributed by atoms with van der Waals surface area (Å²) in [5.74, 6) is 1.32. The van der Waals surface area contributed by atoms with Gasteiger partial charge in [0.1, 0.15) is 0 Å². The molecule has 2 rings (SSSR count). The molecule has 0 aromatic heterocycles. The number of hydrogen-bond donors (Lipinski definition) is 0. The molecule has 5 heteroatoms. The quantitative estimate of drug-likeness (QED) is 0.396. The maximum absolute atomic E-state index is 9.48. The van der Waals surface area contributed by atoms with Crippen molar-refractivity contribution in [2.45, 2.75) is 13.3 Å². The fraction of sp³-hybridized carbons (Fsp3) is 0.211. The van der Waals surface area contributed by atoms with Crippen molar-refractivity contribution < 1.29 is 9.47 Å². The normalized spacial score (nSPS) is 11.0. The molecule has 0 saturated heterocycles. The average Bonchev–Trinajstić information content (AvgIpc) is 2.59. The van der Waals surface area contributed by atoms with Gasteiger partial charge in [-0.15, -0.1) is 0 Å². The number of nitrogens with zero attached hydrogens (tertiary/aromatic N) is 1. The Morgan fingerprint density at radius 2 is 1.92 bits per heavy atom. The molecule has 0 saturated carbocycles. The van der Waals surface area contributed by atoms with Gasteiger partial charge in [-0.2, -0.15) is 5.26 Å². The molecule has 24 heavy (non-hydrogen) atoms. The fourth-order valence-electron chi connectivity index (χ4n) is 2.14. The minimum atomic E-state index is 0.582. The average molecular weight is 451 g/mol. The minimum absolute atomic E-state index is 0.582. The van der Waals surface area contributed by atoms with Gasteiger partial charge in [0.05, 0.1) is 29.8 Å². The fourth-order valence-corrected chi connectivity index (χ4v) is 2.98. The number of rotatable bonds is 6. The summed E-state index contributed by atoms with van der Waals surface area (Å²) < 4.78 is 12.9. The van der Waals surface area contributed by atoms with Crippen molar-refractivity contribution in [1.29, 1.82) is 5.26 Å². The SMILES string of the molecule is CCCOc1c(Br)cc(/C=C(\C#N)c2ccc(Br)cc2)cc1OC. The summed E-state index contributed by atoms with van der Waals surface area (Å²) >= 11 is 6.92. The first-order valence-corrected chi connectivity index (χ1v) is 9.05. The molecule has 2 aromatic rings. The summed E-state index contributed by atoms with van der Waals surface area (Å²) in [5, 5.41) is 9.48. The van der Waals surface area contributed by atoms with Gasteiger partial charge in [-0.25, -0.2) is 0 Å². The molecular weight excluding hydrogens is 434 g/mol. The highest BCUT2D eigenvalue weighted by Crippen LogP contribution is 2.37. The van der Waals surface area contributed by atoms with Crippen LogP contribution in [0.3, 0.4) is 0 Å². The molecule has 0 aliphatic heterocycles. The van der Waals surface area contributed by atoms with Crippen molar-refractivity contribution in [2.24, 2.45) is 0 Å². The van der Waals surface area contributed by atoms with E-state index in [1.165, 1.54) is 0 Å². The minimum Gasteiger partial charge on any atom is -0.493 e. The Hall–Kier alpha value is -1.77. The van der Waals surface area contributed by atoms with E-state index in [-0.39, 0.29) is 0 Å². The van der Waals surface area contributed by atoms with E-state index in [1.54, 1.807) is 7.11 Å². The number of ether oxygens (including phenoxy) is 2. The lowest BCUT2D eigenvalue weighted by Crippen LogP contribution is -1.99. The Bertz CT molecular complexity index is 777. The summed E-state index contributed by atoms with van der Waals surface area (Å²) in [6.07, 6.45) is 2.75. The van der Waals surface area contributed by atoms with Gasteiger partial charge in [-0.05, 0) is 63.8 Å². The summed E-state index contributed by atoms with van der Waals surface area (Å²) in [5.41, 5.74) is 2.31. The van der Waals surface area contributed by atoms with Crippen LogP contribution in [-0.4, -0.2) is 13.7 Å². The molecular formula is C19H17Br2NO2. The highest BCUT2D eigenvalue weighted by Gasteiger charge is 2.11. The van der Waals surface area contributed by atoms with Gasteiger partial charge in [0.2, 0.25) is 0 Å². The van der Waals surface area contributed by atoms with Crippen molar-refractivity contribution >= 4 is 43.5 Å². The number of hydrogen-bond acceptors (Lipinski definition) is 3. The summed E-state index contributed by atoms with van der Waals surface area (Å²) in [6.45, 7) is 2.67. The molecule has 0 aliphatic rings. The van der Waals surface area contributed by atoms with Gasteiger partial charge in [0.15, 0.2) is 11.5 Å². The molecule has 0 amide bonds. The zero-order valence-corrected chi connectivity index (χ0v) is 16.6. The molecule has 3 nitrogen and oxygen atoms in total. The predicted molar refractivity (Wildman–Crippen MR) is 104 cm³/mol. The number of methoxy groups -OCH3 is 1. The van der Waals surface area contributed by atoms with Crippen LogP contribution in [0, 0.1) is 11.3 Å². The first-order chi connectivity index (χ1) is 11.6. The van der Waals surface area contributed by atoms with E-state index in [4.69, 9.17) is 9.47 Å². The van der Waals surface area contributed by atoms with E-state index in [2.05, 4.69) is 44.9 Å². The maximum atomic E-state index is 9.48. The number of halogens is 2. The Kier molecular flexibility index (Phi) is 6.89. The second-order valence-corrected chi connectivity index (χ2v) is 6.83. The van der Waals surface area contributed by atoms with Gasteiger partial charge < -0.3 is 9.47 Å². The Morgan fingerprint density at radius 1 is 1.21 bits per heavy atom. The second kappa shape index (κ2) is 8.91. The monoisotopic (exact) mass is 449 g/mol. The van der Waals surface area contributed by atoms with Gasteiger partial charge in [0, 0.05) is 4.47 Å². The molecule has 0 radical (unpaired) electrons. The van der Waals surface area contributed by atoms with Crippen LogP contribution in [0.25, 0.3) is 11.6 Å². The smallest absolute Gasteiger partial charge is 0.175 e. The highest BCUT2D eigenvalue weighted by atomic mass is 79.9. The molecule has 2 aromatic carbocycles. The van der Waals surface area contributed by atoms with Crippen LogP contribution >= 0.6 is 31.9 Å². The van der Waals surface area contributed by atoms with Gasteiger partial charge in [-0.1, -0.05) is 35.0 Å². The highest BCUT2D eigenvalue weighted by molar-refractivity contribution is 9.10. The van der Waals surface area contributed by atoms with Crippen LogP contribution in [0.5, 0.6) is 11.5 Å². The van der Waals surface area contributed by atoms with E-state index in [1.807, 2.05) is 42.5 Å². The van der Waals surface area contributed by atoms with Crippen LogP contribution in [0.4, 0.5) is 0 Å². The third-order valence-electron chi connectivity index (χ3n) is 3.29. The lowest BCUT2D eigenvalue weighted by molar-refractivity contribution is 0.292. The summed E-state index contributed by atoms with van der Waals surface area (Å²) in [4.78, 5) is 0. The van der Waals surface area contributed by atoms with Crippen LogP contribution in [-0.2, 0) is 0 Å². The van der Waals surface area contributed by atoms with Gasteiger partial charge in [-0.3, -0.25) is 0 Å². The van der Waals surface area contributed by atoms with Crippen LogP contribution in [0.15, 0.2) is 45.3 Å². The Morgan fingerprint density at radius 3 is 2.50 bits per heavy atom. The van der Waals surface area contributed by atoms with Crippen LogP contribution < -0.4 is 9.47 Å². The van der Waals surface area contributed by atoms with E-state index >= 15 is 0 Å². The lowest BCUT2D eigenvalue weighted by atomic mass is 10.0. The van der Waals surface area contributed by atoms with Gasteiger partial charge in [0.25, 0.3) is 0 Å². The molecule has 0 bridgehead atoms. The molecule has 0 unspecified atom stereocenters. The number of nitriles is 1. The maximum Gasteiger partial charge on any atom is 0.175 e. The number of allylic oxidation sites excluding steroid dienone is 1. The van der Waals surface area contributed by atoms with Crippen molar-refractivity contribution in [3.63, 3.8) is 0 Å². The Balaban J connectivity index is 2.42. The predicted octanol–water partition coefficient (Wildman–Crippen LogP) is 6.07. The molecule has 0 spiro atoms.